The SMILES string of the molecule is CSCC[C@H](NC(=O)[C@@H](NC(=O)[C@H](CCCN=C(N)N)NC(=O)[C@@H]1CCCN1C(=O)[C@H](CC(C)C)NC(=O)[C@H](CCCN=C(N)N)NC(=O)[C@H](C)N)[C@@H](C)O)C(=O)N[C@H](C(=O)N[C@@H](Cc1cnc[nH]1)C(=O)N1CCC[C@H]1C(=O)N[C@@H](CCCCN)C(=O)N1CCC[C@H]1C(=O)N[C@@H](C)C(=O)N[C@@H](CCC(N)=O)C(=O)N1CCC[C@H]1C(N)=O)C(C)C. The molecule has 0 unspecified atom stereocenters. The summed E-state index contributed by atoms with van der Waals surface area (Å²) in [6.45, 7) is 11.6. The summed E-state index contributed by atoms with van der Waals surface area (Å²) in [5.41, 5.74) is 45.2. The number of hydrogen-bond donors (Lipinski definition) is 20. The summed E-state index contributed by atoms with van der Waals surface area (Å²) in [6, 6.07) is -19.1. The number of aromatic amines is 1. The number of rotatable bonds is 49. The van der Waals surface area contributed by atoms with Gasteiger partial charge in [-0.05, 0) is 167 Å². The van der Waals surface area contributed by atoms with Crippen LogP contribution in [0, 0.1) is 11.8 Å². The van der Waals surface area contributed by atoms with Gasteiger partial charge in [-0.3, -0.25) is 86.7 Å². The van der Waals surface area contributed by atoms with Gasteiger partial charge in [-0.25, -0.2) is 4.98 Å². The van der Waals surface area contributed by atoms with Crippen LogP contribution in [0.1, 0.15) is 176 Å². The van der Waals surface area contributed by atoms with E-state index >= 15 is 4.79 Å². The fraction of sp³-hybridized carbons (Fsp3) is 0.720. The van der Waals surface area contributed by atoms with Gasteiger partial charge in [-0.1, -0.05) is 27.7 Å². The summed E-state index contributed by atoms with van der Waals surface area (Å²) >= 11 is 1.31. The Morgan fingerprint density at radius 1 is 0.487 bits per heavy atom. The number of guanidine groups is 2. The van der Waals surface area contributed by atoms with E-state index in [1.165, 1.54) is 64.7 Å². The number of primary amides is 2. The first-order valence-corrected chi connectivity index (χ1v) is 42.2. The number of likely N-dealkylation sites (tertiary alicyclic amines) is 4. The van der Waals surface area contributed by atoms with Crippen LogP contribution in [-0.2, 0) is 83.1 Å². The average Bonchev–Trinajstić information content (AvgIpc) is 1.73. The molecule has 0 saturated carbocycles. The van der Waals surface area contributed by atoms with Crippen molar-refractivity contribution in [2.45, 2.75) is 274 Å². The van der Waals surface area contributed by atoms with Crippen LogP contribution in [0.2, 0.25) is 0 Å². The number of amides is 16. The molecule has 44 heteroatoms. The number of imidazole rings is 1. The molecule has 5 rings (SSSR count). The van der Waals surface area contributed by atoms with E-state index in [1.54, 1.807) is 20.1 Å². The minimum atomic E-state index is -1.79. The zero-order chi connectivity index (χ0) is 88.5. The Labute approximate surface area is 697 Å². The Bertz CT molecular complexity index is 3710. The molecule has 28 N–H and O–H groups in total. The predicted molar refractivity (Wildman–Crippen MR) is 439 cm³/mol. The van der Waals surface area contributed by atoms with E-state index in [-0.39, 0.29) is 153 Å². The van der Waals surface area contributed by atoms with Crippen molar-refractivity contribution in [3.05, 3.63) is 18.2 Å². The maximum Gasteiger partial charge on any atom is 0.246 e. The highest BCUT2D eigenvalue weighted by Gasteiger charge is 2.46. The summed E-state index contributed by atoms with van der Waals surface area (Å²) in [5, 5.41) is 38.0. The third-order valence-electron chi connectivity index (χ3n) is 21.0. The molecule has 0 spiro atoms. The molecule has 666 valence electrons. The summed E-state index contributed by atoms with van der Waals surface area (Å²) in [5.74, 6) is -13.2. The number of nitrogens with zero attached hydrogens (tertiary/aromatic N) is 7. The summed E-state index contributed by atoms with van der Waals surface area (Å²) < 4.78 is 0. The maximum absolute atomic E-state index is 15.1. The van der Waals surface area contributed by atoms with E-state index in [4.69, 9.17) is 45.9 Å². The fourth-order valence-corrected chi connectivity index (χ4v) is 15.1. The molecule has 16 amide bonds. The van der Waals surface area contributed by atoms with E-state index in [0.29, 0.717) is 50.6 Å². The average molecular weight is 1700 g/mol. The Balaban J connectivity index is 1.31. The number of aliphatic hydroxyl groups excluding tert-OH is 1. The van der Waals surface area contributed by atoms with Crippen LogP contribution in [-0.4, -0.2) is 296 Å². The first kappa shape index (κ1) is 99.1. The number of nitrogens with one attached hydrogen (secondary N) is 11. The van der Waals surface area contributed by atoms with Crippen molar-refractivity contribution < 1.29 is 81.8 Å². The molecular weight excluding hydrogens is 1570 g/mol. The highest BCUT2D eigenvalue weighted by Crippen LogP contribution is 2.26. The Hall–Kier alpha value is -10.5. The van der Waals surface area contributed by atoms with E-state index in [2.05, 4.69) is 73.1 Å². The Morgan fingerprint density at radius 2 is 0.899 bits per heavy atom. The number of aliphatic hydroxyl groups is 1. The monoisotopic (exact) mass is 1700 g/mol. The van der Waals surface area contributed by atoms with Crippen molar-refractivity contribution in [1.82, 2.24) is 82.7 Å². The largest absolute Gasteiger partial charge is 0.391 e. The third kappa shape index (κ3) is 31.0. The van der Waals surface area contributed by atoms with Gasteiger partial charge in [0.2, 0.25) is 94.5 Å². The van der Waals surface area contributed by atoms with Crippen molar-refractivity contribution in [2.24, 2.45) is 67.7 Å². The minimum Gasteiger partial charge on any atom is -0.391 e. The fourth-order valence-electron chi connectivity index (χ4n) is 14.6. The quantitative estimate of drug-likeness (QED) is 0.0164. The topological polar surface area (TPSA) is 688 Å². The number of thioether (sulfide) groups is 1. The lowest BCUT2D eigenvalue weighted by Gasteiger charge is -2.33. The number of unbranched alkanes of at least 4 members (excludes halogenated alkanes) is 1. The van der Waals surface area contributed by atoms with Crippen LogP contribution in [0.25, 0.3) is 0 Å². The number of hydrogen-bond acceptors (Lipinski definition) is 23. The summed E-state index contributed by atoms with van der Waals surface area (Å²) in [7, 11) is 0. The molecule has 4 aliphatic heterocycles. The van der Waals surface area contributed by atoms with Crippen LogP contribution in [0.5, 0.6) is 0 Å². The van der Waals surface area contributed by atoms with Crippen molar-refractivity contribution in [1.29, 1.82) is 0 Å². The van der Waals surface area contributed by atoms with Gasteiger partial charge in [0.05, 0.1) is 18.5 Å². The number of aromatic nitrogens is 2. The van der Waals surface area contributed by atoms with E-state index in [9.17, 15) is 77.0 Å². The second-order valence-corrected chi connectivity index (χ2v) is 32.4. The maximum atomic E-state index is 15.1. The lowest BCUT2D eigenvalue weighted by molar-refractivity contribution is -0.145. The molecule has 1 aromatic rings. The van der Waals surface area contributed by atoms with Crippen molar-refractivity contribution in [2.75, 3.05) is 57.8 Å². The van der Waals surface area contributed by atoms with Gasteiger partial charge in [0.25, 0.3) is 0 Å². The number of aliphatic imine (C=N–C) groups is 2. The lowest BCUT2D eigenvalue weighted by atomic mass is 10.0. The van der Waals surface area contributed by atoms with Gasteiger partial charge < -0.3 is 129 Å². The van der Waals surface area contributed by atoms with E-state index in [1.807, 2.05) is 13.8 Å². The molecule has 119 heavy (non-hydrogen) atoms. The van der Waals surface area contributed by atoms with Gasteiger partial charge >= 0.3 is 0 Å². The second kappa shape index (κ2) is 49.2. The molecule has 0 aromatic carbocycles. The van der Waals surface area contributed by atoms with Crippen LogP contribution in [0.4, 0.5) is 0 Å². The first-order valence-electron chi connectivity index (χ1n) is 40.8. The summed E-state index contributed by atoms with van der Waals surface area (Å²) in [6.07, 6.45) is 5.63. The molecule has 4 aliphatic rings. The molecule has 1 aromatic heterocycles. The highest BCUT2D eigenvalue weighted by molar-refractivity contribution is 7.98. The lowest BCUT2D eigenvalue weighted by Crippen LogP contribution is -2.62. The van der Waals surface area contributed by atoms with Gasteiger partial charge in [0.15, 0.2) is 11.9 Å². The van der Waals surface area contributed by atoms with Crippen LogP contribution >= 0.6 is 11.8 Å². The molecule has 43 nitrogen and oxygen atoms in total. The zero-order valence-corrected chi connectivity index (χ0v) is 70.3. The molecule has 4 saturated heterocycles. The first-order chi connectivity index (χ1) is 56.3. The van der Waals surface area contributed by atoms with E-state index < -0.39 is 197 Å². The zero-order valence-electron chi connectivity index (χ0n) is 69.5. The summed E-state index contributed by atoms with van der Waals surface area (Å²) in [4.78, 5) is 245. The molecule has 5 heterocycles. The molecule has 0 aliphatic carbocycles. The number of H-pyrrole nitrogens is 1. The normalized spacial score (nSPS) is 19.5. The van der Waals surface area contributed by atoms with Crippen LogP contribution in [0.3, 0.4) is 0 Å². The third-order valence-corrected chi connectivity index (χ3v) is 21.7. The number of carbonyl (C=O) groups excluding carboxylic acids is 16. The number of carbonyl (C=O) groups is 16. The van der Waals surface area contributed by atoms with Gasteiger partial charge in [-0.2, -0.15) is 11.8 Å². The Morgan fingerprint density at radius 3 is 1.36 bits per heavy atom. The van der Waals surface area contributed by atoms with Crippen LogP contribution < -0.4 is 99.0 Å². The minimum absolute atomic E-state index is 0.0138. The van der Waals surface area contributed by atoms with Crippen molar-refractivity contribution in [3.63, 3.8) is 0 Å². The van der Waals surface area contributed by atoms with Gasteiger partial charge in [0, 0.05) is 64.0 Å². The predicted octanol–water partition coefficient (Wildman–Crippen LogP) is -7.05. The van der Waals surface area contributed by atoms with Crippen LogP contribution in [0.15, 0.2) is 22.5 Å². The molecule has 0 bridgehead atoms. The molecular formula is C75H128N26O17S. The van der Waals surface area contributed by atoms with Gasteiger partial charge in [-0.15, -0.1) is 0 Å². The second-order valence-electron chi connectivity index (χ2n) is 31.4. The van der Waals surface area contributed by atoms with E-state index in [0.717, 1.165) is 0 Å². The standard InChI is InChI=1S/C75H128N26O17S/c1-39(2)35-50(94-62(107)45(89-60(105)41(5)77)18-11-28-85-74(80)81)72(117)100-32-15-22-54(100)66(111)90-46(19-12-29-86-75(82)83)63(108)97-58(43(7)102)69(114)91-47(26-34-119-8)64(109)96-57(40(3)4)68(113)95-51(36-44-37-84-38-87-44)73(118)101-33-16-23-55(101)67(112)93-48(17-9-10-27-76)70(115)99-31-14-21-53(99)65(110)88-42(6)61(106)92-49(24-25-56(78)103)71(116)98-30-13-20-52(98)59(79)104/h37-43,45-55,57-58,102H,9-36,76-77H2,1-8H3,(H2,78,103)(H2,79,104)(H,84,87)(H,88,110)(H,89,105)(H,90,111)(H,91,114)(H,92,106)(H,93,112)(H,94,107)(H,95,113)(H,96,109)(H,97,108)(H4,80,81,85)(H4,82,83,86)/t41-,42-,43+,45-,46-,47-,48-,49-,50-,51-,52-,53-,54-,55-,57-,58-/m0/s1. The molecule has 16 atom stereocenters. The highest BCUT2D eigenvalue weighted by atomic mass is 32.2. The molecule has 4 fully saturated rings. The smallest absolute Gasteiger partial charge is 0.246 e. The molecule has 0 radical (unpaired) electrons. The van der Waals surface area contributed by atoms with Crippen molar-refractivity contribution >= 4 is 118 Å². The number of nitrogens with two attached hydrogens (primary N) is 8. The Kier molecular flexibility index (Phi) is 40.9. The van der Waals surface area contributed by atoms with Gasteiger partial charge in [0.1, 0.15) is 84.6 Å². The van der Waals surface area contributed by atoms with Crippen molar-refractivity contribution in [3.8, 4) is 0 Å².